The van der Waals surface area contributed by atoms with E-state index in [-0.39, 0.29) is 43.3 Å². The maximum absolute atomic E-state index is 15.2. The van der Waals surface area contributed by atoms with Gasteiger partial charge in [-0.05, 0) is 87.6 Å². The number of unbranched alkanes of at least 4 members (excludes halogenated alkanes) is 1. The fourth-order valence-corrected chi connectivity index (χ4v) is 4.65. The van der Waals surface area contributed by atoms with Gasteiger partial charge in [-0.1, -0.05) is 0 Å². The molecular formula is C33H30F2LiN3O7. The van der Waals surface area contributed by atoms with Crippen LogP contribution in [-0.4, -0.2) is 36.0 Å². The number of pyridine rings is 1. The van der Waals surface area contributed by atoms with Gasteiger partial charge in [0.1, 0.15) is 17.0 Å². The second-order valence-corrected chi connectivity index (χ2v) is 10.5. The summed E-state index contributed by atoms with van der Waals surface area (Å²) in [6.07, 6.45) is 3.02. The first-order chi connectivity index (χ1) is 21.7. The van der Waals surface area contributed by atoms with E-state index in [9.17, 15) is 23.9 Å². The third-order valence-corrected chi connectivity index (χ3v) is 7.23. The number of carbonyl (C=O) groups excluding carboxylic acids is 3. The number of nitrogens with zero attached hydrogens (tertiary/aromatic N) is 1. The summed E-state index contributed by atoms with van der Waals surface area (Å²) in [6, 6.07) is 14.1. The molecule has 3 aromatic carbocycles. The summed E-state index contributed by atoms with van der Waals surface area (Å²) < 4.78 is 45.9. The van der Waals surface area contributed by atoms with E-state index in [1.54, 1.807) is 18.2 Å². The zero-order valence-corrected chi connectivity index (χ0v) is 25.4. The summed E-state index contributed by atoms with van der Waals surface area (Å²) in [4.78, 5) is 40.8. The quantitative estimate of drug-likeness (QED) is 0.124. The molecule has 1 aliphatic rings. The number of anilines is 2. The minimum Gasteiger partial charge on any atom is -0.550 e. The number of carboxylic acids is 1. The van der Waals surface area contributed by atoms with Crippen molar-refractivity contribution in [3.63, 3.8) is 0 Å². The summed E-state index contributed by atoms with van der Waals surface area (Å²) in [7, 11) is 0. The fraction of sp³-hybridized carbons (Fsp3) is 0.273. The standard InChI is InChI=1S/C33H31F2N3O7.Li/c1-2-43-28-18-23-25(19-29(28)44-16-4-3-5-30(39)40)36-15-12-26(23)45-27-11-10-22(17-24(27)35)38-32(42)33(13-14-33)31(41)37-21-8-6-20(34)7-9-21;/h6-12,15,17-19H,2-5,13-14,16H2,1H3,(H,37,41)(H,38,42)(H,39,40);/q;+1/p-1. The Balaban J connectivity index is 0.00000480. The van der Waals surface area contributed by atoms with Crippen molar-refractivity contribution >= 4 is 40.1 Å². The molecule has 1 saturated carbocycles. The van der Waals surface area contributed by atoms with Crippen LogP contribution in [0.4, 0.5) is 20.2 Å². The Morgan fingerprint density at radius 2 is 1.52 bits per heavy atom. The molecule has 1 fully saturated rings. The molecule has 0 spiro atoms. The van der Waals surface area contributed by atoms with E-state index < -0.39 is 34.8 Å². The van der Waals surface area contributed by atoms with Crippen LogP contribution in [-0.2, 0) is 14.4 Å². The molecule has 1 heterocycles. The molecule has 0 bridgehead atoms. The Labute approximate surface area is 275 Å². The number of rotatable bonds is 14. The van der Waals surface area contributed by atoms with E-state index in [1.165, 1.54) is 42.6 Å². The van der Waals surface area contributed by atoms with Crippen molar-refractivity contribution in [1.82, 2.24) is 4.98 Å². The Morgan fingerprint density at radius 3 is 2.17 bits per heavy atom. The number of aliphatic carboxylic acids is 1. The van der Waals surface area contributed by atoms with Crippen LogP contribution in [0.15, 0.2) is 66.9 Å². The van der Waals surface area contributed by atoms with Gasteiger partial charge in [0.25, 0.3) is 0 Å². The first-order valence-corrected chi connectivity index (χ1v) is 14.4. The molecule has 0 atom stereocenters. The van der Waals surface area contributed by atoms with Crippen LogP contribution < -0.4 is 48.8 Å². The average molecular weight is 626 g/mol. The second kappa shape index (κ2) is 15.1. The van der Waals surface area contributed by atoms with Gasteiger partial charge in [0, 0.05) is 41.1 Å². The minimum atomic E-state index is -1.30. The molecule has 2 N–H and O–H groups in total. The molecular weight excluding hydrogens is 595 g/mol. The molecule has 13 heteroatoms. The van der Waals surface area contributed by atoms with Gasteiger partial charge in [0.2, 0.25) is 11.8 Å². The average Bonchev–Trinajstić information content (AvgIpc) is 3.82. The SMILES string of the molecule is CCOc1cc2c(Oc3ccc(NC(=O)C4(C(=O)Nc5ccc(F)cc5)CC4)cc3F)ccnc2cc1OCCCCC(=O)[O-].[Li+]. The van der Waals surface area contributed by atoms with Crippen LogP contribution in [0.5, 0.6) is 23.0 Å². The molecule has 0 radical (unpaired) electrons. The van der Waals surface area contributed by atoms with Crippen LogP contribution in [0.25, 0.3) is 10.9 Å². The van der Waals surface area contributed by atoms with Crippen LogP contribution >= 0.6 is 0 Å². The summed E-state index contributed by atoms with van der Waals surface area (Å²) >= 11 is 0. The van der Waals surface area contributed by atoms with Crippen molar-refractivity contribution in [3.05, 3.63) is 78.5 Å². The van der Waals surface area contributed by atoms with Crippen LogP contribution in [0.2, 0.25) is 0 Å². The molecule has 2 amide bonds. The van der Waals surface area contributed by atoms with Crippen molar-refractivity contribution in [3.8, 4) is 23.0 Å². The number of aromatic nitrogens is 1. The van der Waals surface area contributed by atoms with E-state index in [1.807, 2.05) is 6.92 Å². The van der Waals surface area contributed by atoms with Crippen molar-refractivity contribution < 1.29 is 61.3 Å². The molecule has 234 valence electrons. The number of nitrogens with one attached hydrogen (secondary N) is 2. The van der Waals surface area contributed by atoms with Gasteiger partial charge in [-0.15, -0.1) is 0 Å². The van der Waals surface area contributed by atoms with Gasteiger partial charge in [0.15, 0.2) is 23.1 Å². The number of carbonyl (C=O) groups is 3. The number of benzene rings is 3. The number of hydrogen-bond acceptors (Lipinski definition) is 8. The van der Waals surface area contributed by atoms with E-state index in [4.69, 9.17) is 14.2 Å². The minimum absolute atomic E-state index is 0. The second-order valence-electron chi connectivity index (χ2n) is 10.5. The van der Waals surface area contributed by atoms with Crippen LogP contribution in [0.1, 0.15) is 39.0 Å². The molecule has 0 unspecified atom stereocenters. The summed E-state index contributed by atoms with van der Waals surface area (Å²) in [5.74, 6) is -2.38. The maximum atomic E-state index is 15.2. The third-order valence-electron chi connectivity index (χ3n) is 7.23. The number of fused-ring (bicyclic) bond motifs is 1. The summed E-state index contributed by atoms with van der Waals surface area (Å²) in [5.41, 5.74) is -0.295. The van der Waals surface area contributed by atoms with Crippen molar-refractivity contribution in [2.24, 2.45) is 5.41 Å². The predicted octanol–water partition coefficient (Wildman–Crippen LogP) is 2.36. The van der Waals surface area contributed by atoms with Crippen molar-refractivity contribution in [1.29, 1.82) is 0 Å². The van der Waals surface area contributed by atoms with Crippen molar-refractivity contribution in [2.45, 2.75) is 39.0 Å². The monoisotopic (exact) mass is 625 g/mol. The van der Waals surface area contributed by atoms with Gasteiger partial charge in [-0.2, -0.15) is 0 Å². The maximum Gasteiger partial charge on any atom is 1.00 e. The van der Waals surface area contributed by atoms with Gasteiger partial charge in [-0.25, -0.2) is 8.78 Å². The topological polar surface area (TPSA) is 139 Å². The third kappa shape index (κ3) is 8.13. The summed E-state index contributed by atoms with van der Waals surface area (Å²) in [6.45, 7) is 2.43. The first kappa shape index (κ1) is 34.2. The molecule has 0 saturated heterocycles. The smallest absolute Gasteiger partial charge is 0.550 e. The van der Waals surface area contributed by atoms with Gasteiger partial charge >= 0.3 is 18.9 Å². The Bertz CT molecular complexity index is 1730. The largest absolute Gasteiger partial charge is 1.00 e. The molecule has 1 aromatic heterocycles. The van der Waals surface area contributed by atoms with Gasteiger partial charge in [0.05, 0.1) is 18.7 Å². The zero-order valence-electron chi connectivity index (χ0n) is 25.4. The molecule has 46 heavy (non-hydrogen) atoms. The molecule has 0 aliphatic heterocycles. The number of carboxylic acid groups (broad SMARTS) is 1. The number of halogens is 2. The molecule has 10 nitrogen and oxygen atoms in total. The molecule has 4 aromatic rings. The number of hydrogen-bond donors (Lipinski definition) is 2. The molecule has 5 rings (SSSR count). The predicted molar refractivity (Wildman–Crippen MR) is 159 cm³/mol. The fourth-order valence-electron chi connectivity index (χ4n) is 4.65. The molecule has 1 aliphatic carbocycles. The Morgan fingerprint density at radius 1 is 0.848 bits per heavy atom. The summed E-state index contributed by atoms with van der Waals surface area (Å²) in [5, 5.41) is 16.4. The Kier molecular flexibility index (Phi) is 11.2. The first-order valence-electron chi connectivity index (χ1n) is 14.4. The van der Waals surface area contributed by atoms with Gasteiger partial charge < -0.3 is 34.7 Å². The van der Waals surface area contributed by atoms with Crippen molar-refractivity contribution in [2.75, 3.05) is 23.8 Å². The van der Waals surface area contributed by atoms with Gasteiger partial charge in [-0.3, -0.25) is 14.6 Å². The Hall–Kier alpha value is -4.66. The van der Waals surface area contributed by atoms with E-state index >= 15 is 4.39 Å². The van der Waals surface area contributed by atoms with Crippen LogP contribution in [0.3, 0.4) is 0 Å². The van der Waals surface area contributed by atoms with E-state index in [2.05, 4.69) is 15.6 Å². The van der Waals surface area contributed by atoms with E-state index in [0.29, 0.717) is 66.1 Å². The normalized spacial score (nSPS) is 12.8. The number of amides is 2. The van der Waals surface area contributed by atoms with Crippen LogP contribution in [0, 0.1) is 17.0 Å². The number of ether oxygens (including phenoxy) is 3. The zero-order chi connectivity index (χ0) is 32.0. The van der Waals surface area contributed by atoms with E-state index in [0.717, 1.165) is 6.07 Å².